The van der Waals surface area contributed by atoms with Crippen LogP contribution in [0.1, 0.15) is 19.4 Å². The van der Waals surface area contributed by atoms with Gasteiger partial charge in [0.05, 0.1) is 0 Å². The first-order valence-corrected chi connectivity index (χ1v) is 5.68. The first-order valence-electron chi connectivity index (χ1n) is 5.31. The van der Waals surface area contributed by atoms with Crippen LogP contribution < -0.4 is 10.5 Å². The fourth-order valence-electron chi connectivity index (χ4n) is 1.40. The van der Waals surface area contributed by atoms with Crippen molar-refractivity contribution >= 4 is 11.6 Å². The lowest BCUT2D eigenvalue weighted by Crippen LogP contribution is -2.18. The molecule has 1 aromatic carbocycles. The summed E-state index contributed by atoms with van der Waals surface area (Å²) >= 11 is 6.13. The Morgan fingerprint density at radius 2 is 2.25 bits per heavy atom. The molecule has 0 aromatic heterocycles. The monoisotopic (exact) mass is 239 g/mol. The van der Waals surface area contributed by atoms with Crippen molar-refractivity contribution in [3.8, 4) is 5.75 Å². The van der Waals surface area contributed by atoms with Gasteiger partial charge in [0.2, 0.25) is 0 Å². The minimum atomic E-state index is 0.0621. The van der Waals surface area contributed by atoms with Crippen molar-refractivity contribution in [3.63, 3.8) is 0 Å². The fourth-order valence-corrected chi connectivity index (χ4v) is 1.64. The van der Waals surface area contributed by atoms with Crippen LogP contribution in [0, 0.1) is 0 Å². The highest BCUT2D eigenvalue weighted by atomic mass is 35.5. The summed E-state index contributed by atoms with van der Waals surface area (Å²) in [6.07, 6.45) is 0.713. The predicted octanol–water partition coefficient (Wildman–Crippen LogP) is 3.18. The topological polar surface area (TPSA) is 35.2 Å². The number of nitrogens with two attached hydrogens (primary N) is 1. The molecule has 0 amide bonds. The zero-order valence-corrected chi connectivity index (χ0v) is 10.6. The van der Waals surface area contributed by atoms with Crippen LogP contribution in [-0.2, 0) is 6.42 Å². The number of hydrogen-bond acceptors (Lipinski definition) is 2. The molecule has 0 radical (unpaired) electrons. The Labute approximate surface area is 102 Å². The Balaban J connectivity index is 2.89. The van der Waals surface area contributed by atoms with Gasteiger partial charge in [-0.1, -0.05) is 24.2 Å². The second kappa shape index (κ2) is 5.92. The van der Waals surface area contributed by atoms with Crippen LogP contribution in [0.5, 0.6) is 5.75 Å². The van der Waals surface area contributed by atoms with Crippen LogP contribution in [0.2, 0.25) is 5.02 Å². The van der Waals surface area contributed by atoms with Gasteiger partial charge in [-0.2, -0.15) is 0 Å². The van der Waals surface area contributed by atoms with E-state index in [2.05, 4.69) is 6.58 Å². The normalized spacial score (nSPS) is 12.2. The van der Waals surface area contributed by atoms with Crippen molar-refractivity contribution in [2.75, 3.05) is 6.61 Å². The Bertz CT molecular complexity index is 374. The van der Waals surface area contributed by atoms with Crippen LogP contribution in [0.25, 0.3) is 0 Å². The predicted molar refractivity (Wildman–Crippen MR) is 69.1 cm³/mol. The molecule has 1 atom stereocenters. The van der Waals surface area contributed by atoms with Crippen molar-refractivity contribution in [1.82, 2.24) is 0 Å². The molecule has 0 aliphatic carbocycles. The Morgan fingerprint density at radius 3 is 2.81 bits per heavy atom. The molecule has 0 heterocycles. The lowest BCUT2D eigenvalue weighted by atomic mass is 10.1. The standard InChI is InChI=1S/C13H18ClNO/c1-9(2)8-16-13-6-4-5-12(14)11(13)7-10(3)15/h4-6,10H,1,7-8,15H2,2-3H3. The van der Waals surface area contributed by atoms with Gasteiger partial charge in [-0.3, -0.25) is 0 Å². The number of halogens is 1. The van der Waals surface area contributed by atoms with Gasteiger partial charge in [0.1, 0.15) is 12.4 Å². The second-order valence-corrected chi connectivity index (χ2v) is 4.55. The van der Waals surface area contributed by atoms with E-state index in [9.17, 15) is 0 Å². The van der Waals surface area contributed by atoms with Gasteiger partial charge in [0, 0.05) is 16.6 Å². The third-order valence-electron chi connectivity index (χ3n) is 2.08. The third kappa shape index (κ3) is 3.87. The summed E-state index contributed by atoms with van der Waals surface area (Å²) in [7, 11) is 0. The van der Waals surface area contributed by atoms with Gasteiger partial charge >= 0.3 is 0 Å². The van der Waals surface area contributed by atoms with E-state index in [1.165, 1.54) is 0 Å². The molecule has 0 saturated heterocycles. The molecule has 1 aromatic rings. The molecular formula is C13H18ClNO. The molecule has 2 nitrogen and oxygen atoms in total. The molecule has 1 rings (SSSR count). The third-order valence-corrected chi connectivity index (χ3v) is 2.43. The maximum atomic E-state index is 6.13. The van der Waals surface area contributed by atoms with Crippen LogP contribution in [0.4, 0.5) is 0 Å². The highest BCUT2D eigenvalue weighted by Crippen LogP contribution is 2.27. The van der Waals surface area contributed by atoms with Gasteiger partial charge < -0.3 is 10.5 Å². The minimum Gasteiger partial charge on any atom is -0.489 e. The van der Waals surface area contributed by atoms with E-state index in [0.29, 0.717) is 18.1 Å². The van der Waals surface area contributed by atoms with Gasteiger partial charge in [-0.15, -0.1) is 0 Å². The first kappa shape index (κ1) is 13.1. The van der Waals surface area contributed by atoms with Crippen molar-refractivity contribution in [2.45, 2.75) is 26.3 Å². The van der Waals surface area contributed by atoms with E-state index >= 15 is 0 Å². The maximum Gasteiger partial charge on any atom is 0.124 e. The highest BCUT2D eigenvalue weighted by Gasteiger charge is 2.10. The smallest absolute Gasteiger partial charge is 0.124 e. The van der Waals surface area contributed by atoms with Crippen molar-refractivity contribution in [3.05, 3.63) is 40.9 Å². The number of rotatable bonds is 5. The summed E-state index contributed by atoms with van der Waals surface area (Å²) in [6.45, 7) is 8.18. The maximum absolute atomic E-state index is 6.13. The molecule has 3 heteroatoms. The van der Waals surface area contributed by atoms with E-state index in [1.54, 1.807) is 0 Å². The average molecular weight is 240 g/mol. The van der Waals surface area contributed by atoms with Crippen LogP contribution >= 0.6 is 11.6 Å². The number of benzene rings is 1. The van der Waals surface area contributed by atoms with Crippen molar-refractivity contribution in [2.24, 2.45) is 5.73 Å². The Morgan fingerprint density at radius 1 is 1.56 bits per heavy atom. The SMILES string of the molecule is C=C(C)COc1cccc(Cl)c1CC(C)N. The zero-order chi connectivity index (χ0) is 12.1. The minimum absolute atomic E-state index is 0.0621. The molecular weight excluding hydrogens is 222 g/mol. The molecule has 0 fully saturated rings. The van der Waals surface area contributed by atoms with E-state index in [0.717, 1.165) is 16.9 Å². The summed E-state index contributed by atoms with van der Waals surface area (Å²) in [4.78, 5) is 0. The van der Waals surface area contributed by atoms with Gasteiger partial charge in [0.15, 0.2) is 0 Å². The Kier molecular flexibility index (Phi) is 4.84. The largest absolute Gasteiger partial charge is 0.489 e. The molecule has 0 aliphatic heterocycles. The molecule has 0 aliphatic rings. The zero-order valence-electron chi connectivity index (χ0n) is 9.79. The van der Waals surface area contributed by atoms with Crippen LogP contribution in [-0.4, -0.2) is 12.6 Å². The van der Waals surface area contributed by atoms with Crippen LogP contribution in [0.3, 0.4) is 0 Å². The summed E-state index contributed by atoms with van der Waals surface area (Å²) < 4.78 is 5.64. The summed E-state index contributed by atoms with van der Waals surface area (Å²) in [6, 6.07) is 5.70. The number of ether oxygens (including phenoxy) is 1. The van der Waals surface area contributed by atoms with E-state index < -0.39 is 0 Å². The molecule has 16 heavy (non-hydrogen) atoms. The lowest BCUT2D eigenvalue weighted by Gasteiger charge is -2.14. The first-order chi connectivity index (χ1) is 7.50. The molecule has 0 bridgehead atoms. The fraction of sp³-hybridized carbons (Fsp3) is 0.385. The van der Waals surface area contributed by atoms with Crippen molar-refractivity contribution < 1.29 is 4.74 Å². The van der Waals surface area contributed by atoms with E-state index in [4.69, 9.17) is 22.1 Å². The van der Waals surface area contributed by atoms with Gasteiger partial charge in [0.25, 0.3) is 0 Å². The highest BCUT2D eigenvalue weighted by molar-refractivity contribution is 6.31. The molecule has 0 saturated carbocycles. The average Bonchev–Trinajstić information content (AvgIpc) is 2.18. The van der Waals surface area contributed by atoms with Gasteiger partial charge in [-0.25, -0.2) is 0 Å². The summed E-state index contributed by atoms with van der Waals surface area (Å²) in [5.74, 6) is 0.799. The summed E-state index contributed by atoms with van der Waals surface area (Å²) in [5.41, 5.74) is 7.74. The molecule has 0 spiro atoms. The number of hydrogen-bond donors (Lipinski definition) is 1. The molecule has 2 N–H and O–H groups in total. The second-order valence-electron chi connectivity index (χ2n) is 4.14. The van der Waals surface area contributed by atoms with Gasteiger partial charge in [-0.05, 0) is 38.0 Å². The van der Waals surface area contributed by atoms with E-state index in [-0.39, 0.29) is 6.04 Å². The van der Waals surface area contributed by atoms with Crippen molar-refractivity contribution in [1.29, 1.82) is 0 Å². The molecule has 1 unspecified atom stereocenters. The van der Waals surface area contributed by atoms with Crippen LogP contribution in [0.15, 0.2) is 30.4 Å². The lowest BCUT2D eigenvalue weighted by molar-refractivity contribution is 0.348. The molecule has 88 valence electrons. The van der Waals surface area contributed by atoms with E-state index in [1.807, 2.05) is 32.0 Å². The Hall–Kier alpha value is -0.990. The quantitative estimate of drug-likeness (QED) is 0.801. The summed E-state index contributed by atoms with van der Waals surface area (Å²) in [5, 5.41) is 0.705.